The van der Waals surface area contributed by atoms with Crippen LogP contribution in [0.15, 0.2) is 30.5 Å². The molecule has 2 aromatic rings. The van der Waals surface area contributed by atoms with Gasteiger partial charge >= 0.3 is 5.97 Å². The molecule has 1 N–H and O–H groups in total. The molecule has 2 rings (SSSR count). The molecule has 16 heavy (non-hydrogen) atoms. The van der Waals surface area contributed by atoms with Crippen molar-refractivity contribution < 1.29 is 14.8 Å². The fraction of sp³-hybridized carbons (Fsp3) is 0.100. The van der Waals surface area contributed by atoms with Gasteiger partial charge in [-0.25, -0.2) is 0 Å². The van der Waals surface area contributed by atoms with Gasteiger partial charge in [-0.2, -0.15) is 0 Å². The summed E-state index contributed by atoms with van der Waals surface area (Å²) in [4.78, 5) is 20.7. The number of hydrogen-bond acceptors (Lipinski definition) is 3. The van der Waals surface area contributed by atoms with Crippen LogP contribution in [-0.4, -0.2) is 20.6 Å². The van der Waals surface area contributed by atoms with Crippen LogP contribution >= 0.6 is 0 Å². The minimum Gasteiger partial charge on any atom is -0.480 e. The van der Waals surface area contributed by atoms with E-state index in [0.29, 0.717) is 5.52 Å². The third-order valence-electron chi connectivity index (χ3n) is 2.27. The third-order valence-corrected chi connectivity index (χ3v) is 2.27. The standard InChI is InChI=1S/C10H8N2O4/c13-10(14)6-11-4-3-7-1-2-8(12(15)16)5-9(7)11/h1-5H,6H2,(H,13,14). The van der Waals surface area contributed by atoms with E-state index >= 15 is 0 Å². The molecule has 1 aromatic carbocycles. The lowest BCUT2D eigenvalue weighted by atomic mass is 10.2. The number of fused-ring (bicyclic) bond motifs is 1. The highest BCUT2D eigenvalue weighted by atomic mass is 16.6. The molecule has 6 nitrogen and oxygen atoms in total. The van der Waals surface area contributed by atoms with Crippen molar-refractivity contribution in [1.82, 2.24) is 4.57 Å². The van der Waals surface area contributed by atoms with E-state index in [1.54, 1.807) is 18.3 Å². The van der Waals surface area contributed by atoms with Crippen LogP contribution in [0.25, 0.3) is 10.9 Å². The van der Waals surface area contributed by atoms with Crippen LogP contribution in [0.2, 0.25) is 0 Å². The molecule has 82 valence electrons. The summed E-state index contributed by atoms with van der Waals surface area (Å²) in [5.74, 6) is -0.982. The summed E-state index contributed by atoms with van der Waals surface area (Å²) < 4.78 is 1.46. The Hall–Kier alpha value is -2.37. The summed E-state index contributed by atoms with van der Waals surface area (Å²) in [5.41, 5.74) is 0.509. The second-order valence-electron chi connectivity index (χ2n) is 3.34. The number of carbonyl (C=O) groups is 1. The van der Waals surface area contributed by atoms with Crippen LogP contribution in [0.5, 0.6) is 0 Å². The second-order valence-corrected chi connectivity index (χ2v) is 3.34. The van der Waals surface area contributed by atoms with Crippen molar-refractivity contribution >= 4 is 22.6 Å². The Kier molecular flexibility index (Phi) is 2.32. The average molecular weight is 220 g/mol. The van der Waals surface area contributed by atoms with Crippen molar-refractivity contribution in [2.24, 2.45) is 0 Å². The van der Waals surface area contributed by atoms with Gasteiger partial charge in [-0.05, 0) is 12.1 Å². The molecule has 0 bridgehead atoms. The first-order valence-corrected chi connectivity index (χ1v) is 4.53. The number of hydrogen-bond donors (Lipinski definition) is 1. The number of nitrogens with zero attached hydrogens (tertiary/aromatic N) is 2. The lowest BCUT2D eigenvalue weighted by Crippen LogP contribution is -2.07. The highest BCUT2D eigenvalue weighted by Gasteiger charge is 2.10. The lowest BCUT2D eigenvalue weighted by molar-refractivity contribution is -0.384. The maximum absolute atomic E-state index is 10.6. The Balaban J connectivity index is 2.55. The van der Waals surface area contributed by atoms with Crippen LogP contribution < -0.4 is 0 Å². The molecule has 0 amide bonds. The van der Waals surface area contributed by atoms with Gasteiger partial charge in [0.25, 0.3) is 5.69 Å². The zero-order valence-corrected chi connectivity index (χ0v) is 8.16. The van der Waals surface area contributed by atoms with Crippen molar-refractivity contribution in [2.75, 3.05) is 0 Å². The second kappa shape index (κ2) is 3.65. The molecular weight excluding hydrogens is 212 g/mol. The highest BCUT2D eigenvalue weighted by molar-refractivity contribution is 5.83. The van der Waals surface area contributed by atoms with Crippen molar-refractivity contribution in [2.45, 2.75) is 6.54 Å². The van der Waals surface area contributed by atoms with E-state index in [0.717, 1.165) is 5.39 Å². The zero-order valence-electron chi connectivity index (χ0n) is 8.16. The third kappa shape index (κ3) is 1.72. The van der Waals surface area contributed by atoms with Gasteiger partial charge in [-0.15, -0.1) is 0 Å². The Morgan fingerprint density at radius 3 is 2.81 bits per heavy atom. The van der Waals surface area contributed by atoms with E-state index in [9.17, 15) is 14.9 Å². The first-order valence-electron chi connectivity index (χ1n) is 4.53. The summed E-state index contributed by atoms with van der Waals surface area (Å²) in [6, 6.07) is 6.10. The number of aliphatic carboxylic acids is 1. The maximum Gasteiger partial charge on any atom is 0.323 e. The van der Waals surface area contributed by atoms with E-state index < -0.39 is 10.9 Å². The minimum absolute atomic E-state index is 0.0437. The topological polar surface area (TPSA) is 85.4 Å². The van der Waals surface area contributed by atoms with Crippen molar-refractivity contribution in [3.8, 4) is 0 Å². The number of benzene rings is 1. The molecular formula is C10H8N2O4. The molecule has 0 fully saturated rings. The Morgan fingerprint density at radius 2 is 2.19 bits per heavy atom. The van der Waals surface area contributed by atoms with Gasteiger partial charge in [0.15, 0.2) is 0 Å². The molecule has 0 spiro atoms. The van der Waals surface area contributed by atoms with E-state index in [-0.39, 0.29) is 12.2 Å². The van der Waals surface area contributed by atoms with Crippen LogP contribution in [0.1, 0.15) is 0 Å². The molecule has 0 saturated heterocycles. The number of nitro benzene ring substituents is 1. The van der Waals surface area contributed by atoms with Gasteiger partial charge in [-0.3, -0.25) is 14.9 Å². The van der Waals surface area contributed by atoms with Crippen molar-refractivity contribution in [3.05, 3.63) is 40.6 Å². The molecule has 1 aromatic heterocycles. The van der Waals surface area contributed by atoms with E-state index in [1.165, 1.54) is 16.7 Å². The van der Waals surface area contributed by atoms with Crippen LogP contribution in [-0.2, 0) is 11.3 Å². The summed E-state index contributed by atoms with van der Waals surface area (Å²) >= 11 is 0. The fourth-order valence-corrected chi connectivity index (χ4v) is 1.57. The molecule has 0 atom stereocenters. The predicted molar refractivity (Wildman–Crippen MR) is 56.2 cm³/mol. The van der Waals surface area contributed by atoms with E-state index in [1.807, 2.05) is 0 Å². The number of carboxylic acids is 1. The zero-order chi connectivity index (χ0) is 11.7. The fourth-order valence-electron chi connectivity index (χ4n) is 1.57. The maximum atomic E-state index is 10.6. The van der Waals surface area contributed by atoms with Gasteiger partial charge in [0.1, 0.15) is 6.54 Å². The van der Waals surface area contributed by atoms with Gasteiger partial charge in [-0.1, -0.05) is 0 Å². The lowest BCUT2D eigenvalue weighted by Gasteiger charge is -2.00. The van der Waals surface area contributed by atoms with Crippen LogP contribution in [0, 0.1) is 10.1 Å². The quantitative estimate of drug-likeness (QED) is 0.629. The molecule has 0 aliphatic heterocycles. The van der Waals surface area contributed by atoms with Gasteiger partial charge in [0, 0.05) is 23.7 Å². The average Bonchev–Trinajstić information content (AvgIpc) is 2.60. The van der Waals surface area contributed by atoms with Gasteiger partial charge in [0.2, 0.25) is 0 Å². The highest BCUT2D eigenvalue weighted by Crippen LogP contribution is 2.21. The van der Waals surface area contributed by atoms with Crippen molar-refractivity contribution in [3.63, 3.8) is 0 Å². The smallest absolute Gasteiger partial charge is 0.323 e. The number of rotatable bonds is 3. The van der Waals surface area contributed by atoms with Crippen LogP contribution in [0.4, 0.5) is 5.69 Å². The Morgan fingerprint density at radius 1 is 1.44 bits per heavy atom. The Bertz CT molecular complexity index is 573. The van der Waals surface area contributed by atoms with E-state index in [4.69, 9.17) is 5.11 Å². The minimum atomic E-state index is -0.982. The first-order chi connectivity index (χ1) is 7.58. The number of nitro groups is 1. The van der Waals surface area contributed by atoms with Crippen LogP contribution in [0.3, 0.4) is 0 Å². The van der Waals surface area contributed by atoms with Gasteiger partial charge in [0.05, 0.1) is 10.4 Å². The number of non-ortho nitro benzene ring substituents is 1. The molecule has 0 radical (unpaired) electrons. The normalized spacial score (nSPS) is 10.5. The Labute approximate surface area is 89.9 Å². The van der Waals surface area contributed by atoms with Crippen molar-refractivity contribution in [1.29, 1.82) is 0 Å². The summed E-state index contributed by atoms with van der Waals surface area (Å²) in [6.45, 7) is -0.204. The van der Waals surface area contributed by atoms with Gasteiger partial charge < -0.3 is 9.67 Å². The molecule has 0 aliphatic rings. The molecule has 0 unspecified atom stereocenters. The predicted octanol–water partition coefficient (Wildman–Crippen LogP) is 1.63. The summed E-state index contributed by atoms with van der Waals surface area (Å²) in [5, 5.41) is 20.0. The first kappa shape index (κ1) is 10.2. The van der Waals surface area contributed by atoms with E-state index in [2.05, 4.69) is 0 Å². The largest absolute Gasteiger partial charge is 0.480 e. The monoisotopic (exact) mass is 220 g/mol. The number of carboxylic acid groups (broad SMARTS) is 1. The molecule has 1 heterocycles. The molecule has 0 saturated carbocycles. The molecule has 0 aliphatic carbocycles. The molecule has 6 heteroatoms. The summed E-state index contributed by atoms with van der Waals surface area (Å²) in [6.07, 6.45) is 1.60. The SMILES string of the molecule is O=C(O)Cn1ccc2ccc([N+](=O)[O-])cc21. The summed E-state index contributed by atoms with van der Waals surface area (Å²) in [7, 11) is 0. The number of aromatic nitrogens is 1.